The number of hydrogen-bond donors (Lipinski definition) is 1. The van der Waals surface area contributed by atoms with Gasteiger partial charge in [0.1, 0.15) is 11.6 Å². The van der Waals surface area contributed by atoms with Gasteiger partial charge in [-0.1, -0.05) is 6.07 Å². The summed E-state index contributed by atoms with van der Waals surface area (Å²) in [6, 6.07) is 12.8. The molecule has 0 saturated heterocycles. The largest absolute Gasteiger partial charge is 0.484 e. The lowest BCUT2D eigenvalue weighted by atomic mass is 10.2. The molecule has 2 aromatic carbocycles. The summed E-state index contributed by atoms with van der Waals surface area (Å²) < 4.78 is 18.8. The Morgan fingerprint density at radius 1 is 1.29 bits per heavy atom. The lowest BCUT2D eigenvalue weighted by Crippen LogP contribution is -2.20. The molecule has 0 heterocycles. The van der Waals surface area contributed by atoms with Crippen molar-refractivity contribution in [2.45, 2.75) is 6.92 Å². The third-order valence-corrected chi connectivity index (χ3v) is 2.75. The van der Waals surface area contributed by atoms with Crippen molar-refractivity contribution in [3.63, 3.8) is 0 Å². The van der Waals surface area contributed by atoms with E-state index in [0.29, 0.717) is 11.3 Å². The van der Waals surface area contributed by atoms with Gasteiger partial charge in [0.05, 0.1) is 17.3 Å². The van der Waals surface area contributed by atoms with Crippen LogP contribution in [0.3, 0.4) is 0 Å². The summed E-state index contributed by atoms with van der Waals surface area (Å²) in [5.41, 5.74) is 1.48. The third kappa shape index (κ3) is 4.05. The van der Waals surface area contributed by atoms with Gasteiger partial charge in [-0.25, -0.2) is 4.39 Å². The molecule has 0 aromatic heterocycles. The van der Waals surface area contributed by atoms with Crippen LogP contribution in [0.4, 0.5) is 10.1 Å². The molecule has 4 nitrogen and oxygen atoms in total. The summed E-state index contributed by atoms with van der Waals surface area (Å²) in [6.45, 7) is 1.57. The molecule has 0 spiro atoms. The summed E-state index contributed by atoms with van der Waals surface area (Å²) in [4.78, 5) is 11.7. The van der Waals surface area contributed by atoms with E-state index in [1.807, 2.05) is 13.0 Å². The molecule has 0 unspecified atom stereocenters. The number of hydrogen-bond acceptors (Lipinski definition) is 3. The SMILES string of the molecule is Cc1ccc(F)c(NC(=O)COc2ccc(C#N)cc2)c1. The van der Waals surface area contributed by atoms with E-state index in [4.69, 9.17) is 10.00 Å². The minimum atomic E-state index is -0.493. The molecular weight excluding hydrogens is 271 g/mol. The van der Waals surface area contributed by atoms with Crippen LogP contribution in [0.5, 0.6) is 5.75 Å². The Morgan fingerprint density at radius 2 is 2.00 bits per heavy atom. The van der Waals surface area contributed by atoms with Crippen LogP contribution in [0.25, 0.3) is 0 Å². The van der Waals surface area contributed by atoms with Gasteiger partial charge in [0.2, 0.25) is 0 Å². The van der Waals surface area contributed by atoms with E-state index in [0.717, 1.165) is 5.56 Å². The highest BCUT2D eigenvalue weighted by Gasteiger charge is 2.08. The van der Waals surface area contributed by atoms with Crippen molar-refractivity contribution in [1.29, 1.82) is 5.26 Å². The number of halogens is 1. The molecule has 2 rings (SSSR count). The van der Waals surface area contributed by atoms with Crippen molar-refractivity contribution in [2.75, 3.05) is 11.9 Å². The van der Waals surface area contributed by atoms with E-state index in [1.54, 1.807) is 36.4 Å². The van der Waals surface area contributed by atoms with Gasteiger partial charge in [-0.05, 0) is 48.9 Å². The molecule has 0 aliphatic heterocycles. The number of anilines is 1. The Balaban J connectivity index is 1.92. The third-order valence-electron chi connectivity index (χ3n) is 2.75. The number of ether oxygens (including phenoxy) is 1. The molecule has 0 aliphatic rings. The van der Waals surface area contributed by atoms with Gasteiger partial charge < -0.3 is 10.1 Å². The number of rotatable bonds is 4. The molecule has 1 amide bonds. The van der Waals surface area contributed by atoms with E-state index < -0.39 is 11.7 Å². The molecule has 0 bridgehead atoms. The quantitative estimate of drug-likeness (QED) is 0.938. The lowest BCUT2D eigenvalue weighted by Gasteiger charge is -2.09. The van der Waals surface area contributed by atoms with Crippen LogP contribution in [0.15, 0.2) is 42.5 Å². The zero-order valence-electron chi connectivity index (χ0n) is 11.4. The highest BCUT2D eigenvalue weighted by molar-refractivity contribution is 5.92. The second-order valence-corrected chi connectivity index (χ2v) is 4.46. The fourth-order valence-electron chi connectivity index (χ4n) is 1.70. The first-order chi connectivity index (χ1) is 10.1. The van der Waals surface area contributed by atoms with Crippen LogP contribution in [0.2, 0.25) is 0 Å². The van der Waals surface area contributed by atoms with Gasteiger partial charge in [-0.15, -0.1) is 0 Å². The van der Waals surface area contributed by atoms with Crippen LogP contribution < -0.4 is 10.1 Å². The summed E-state index contributed by atoms with van der Waals surface area (Å²) in [5, 5.41) is 11.1. The number of nitriles is 1. The molecule has 0 radical (unpaired) electrons. The molecular formula is C16H13FN2O2. The Hall–Kier alpha value is -2.87. The normalized spacial score (nSPS) is 9.76. The average Bonchev–Trinajstić information content (AvgIpc) is 2.49. The summed E-state index contributed by atoms with van der Waals surface area (Å²) >= 11 is 0. The van der Waals surface area contributed by atoms with Crippen LogP contribution in [0, 0.1) is 24.1 Å². The number of amides is 1. The first-order valence-electron chi connectivity index (χ1n) is 6.27. The second kappa shape index (κ2) is 6.53. The molecule has 0 aliphatic carbocycles. The van der Waals surface area contributed by atoms with Gasteiger partial charge in [0, 0.05) is 0 Å². The number of nitrogens with zero attached hydrogens (tertiary/aromatic N) is 1. The topological polar surface area (TPSA) is 62.1 Å². The number of carbonyl (C=O) groups excluding carboxylic acids is 1. The van der Waals surface area contributed by atoms with Gasteiger partial charge in [0.25, 0.3) is 5.91 Å². The average molecular weight is 284 g/mol. The van der Waals surface area contributed by atoms with Crippen LogP contribution in [0.1, 0.15) is 11.1 Å². The molecule has 2 aromatic rings. The van der Waals surface area contributed by atoms with Crippen molar-refractivity contribution in [3.05, 3.63) is 59.4 Å². The first kappa shape index (κ1) is 14.5. The fraction of sp³-hybridized carbons (Fsp3) is 0.125. The van der Waals surface area contributed by atoms with Gasteiger partial charge >= 0.3 is 0 Å². The molecule has 0 atom stereocenters. The van der Waals surface area contributed by atoms with Crippen LogP contribution in [-0.4, -0.2) is 12.5 Å². The minimum absolute atomic E-state index is 0.128. The number of benzene rings is 2. The second-order valence-electron chi connectivity index (χ2n) is 4.46. The maximum atomic E-state index is 13.5. The van der Waals surface area contributed by atoms with Crippen molar-refractivity contribution >= 4 is 11.6 Å². The predicted octanol–water partition coefficient (Wildman–Crippen LogP) is 3.02. The van der Waals surface area contributed by atoms with Crippen molar-refractivity contribution in [3.8, 4) is 11.8 Å². The van der Waals surface area contributed by atoms with Crippen molar-refractivity contribution < 1.29 is 13.9 Å². The summed E-state index contributed by atoms with van der Waals surface area (Å²) in [7, 11) is 0. The van der Waals surface area contributed by atoms with Crippen molar-refractivity contribution in [1.82, 2.24) is 0 Å². The fourth-order valence-corrected chi connectivity index (χ4v) is 1.70. The number of aryl methyl sites for hydroxylation is 1. The molecule has 5 heteroatoms. The Morgan fingerprint density at radius 3 is 2.67 bits per heavy atom. The van der Waals surface area contributed by atoms with E-state index >= 15 is 0 Å². The zero-order chi connectivity index (χ0) is 15.2. The van der Waals surface area contributed by atoms with E-state index in [9.17, 15) is 9.18 Å². The Kier molecular flexibility index (Phi) is 4.52. The molecule has 0 saturated carbocycles. The van der Waals surface area contributed by atoms with E-state index in [-0.39, 0.29) is 12.3 Å². The molecule has 21 heavy (non-hydrogen) atoms. The van der Waals surface area contributed by atoms with Gasteiger partial charge in [-0.3, -0.25) is 4.79 Å². The first-order valence-corrected chi connectivity index (χ1v) is 6.27. The smallest absolute Gasteiger partial charge is 0.262 e. The zero-order valence-corrected chi connectivity index (χ0v) is 11.4. The standard InChI is InChI=1S/C16H13FN2O2/c1-11-2-7-14(17)15(8-11)19-16(20)10-21-13-5-3-12(9-18)4-6-13/h2-8H,10H2,1H3,(H,19,20). The van der Waals surface area contributed by atoms with E-state index in [1.165, 1.54) is 6.07 Å². The van der Waals surface area contributed by atoms with Gasteiger partial charge in [-0.2, -0.15) is 5.26 Å². The highest BCUT2D eigenvalue weighted by Crippen LogP contribution is 2.16. The molecule has 0 fully saturated rings. The van der Waals surface area contributed by atoms with Crippen molar-refractivity contribution in [2.24, 2.45) is 0 Å². The predicted molar refractivity (Wildman–Crippen MR) is 76.4 cm³/mol. The Bertz CT molecular complexity index is 690. The minimum Gasteiger partial charge on any atom is -0.484 e. The lowest BCUT2D eigenvalue weighted by molar-refractivity contribution is -0.118. The van der Waals surface area contributed by atoms with Crippen LogP contribution >= 0.6 is 0 Å². The summed E-state index contributed by atoms with van der Waals surface area (Å²) in [5.74, 6) is -0.481. The monoisotopic (exact) mass is 284 g/mol. The van der Waals surface area contributed by atoms with Gasteiger partial charge in [0.15, 0.2) is 6.61 Å². The molecule has 1 N–H and O–H groups in total. The maximum absolute atomic E-state index is 13.5. The maximum Gasteiger partial charge on any atom is 0.262 e. The molecule has 106 valence electrons. The Labute approximate surface area is 121 Å². The van der Waals surface area contributed by atoms with E-state index in [2.05, 4.69) is 5.32 Å². The number of nitrogens with one attached hydrogen (secondary N) is 1. The summed E-state index contributed by atoms with van der Waals surface area (Å²) in [6.07, 6.45) is 0. The number of carbonyl (C=O) groups is 1. The van der Waals surface area contributed by atoms with Crippen LogP contribution in [-0.2, 0) is 4.79 Å². The highest BCUT2D eigenvalue weighted by atomic mass is 19.1.